The van der Waals surface area contributed by atoms with Crippen LogP contribution in [0.25, 0.3) is 11.3 Å². The fourth-order valence-electron chi connectivity index (χ4n) is 1.96. The number of aromatic amines is 1. The van der Waals surface area contributed by atoms with Gasteiger partial charge in [-0.3, -0.25) is 5.10 Å². The van der Waals surface area contributed by atoms with Crippen LogP contribution >= 0.6 is 11.8 Å². The van der Waals surface area contributed by atoms with E-state index in [1.54, 1.807) is 6.92 Å². The molecule has 2 aromatic rings. The minimum Gasteiger partial charge on any atom is -0.462 e. The van der Waals surface area contributed by atoms with Gasteiger partial charge in [-0.25, -0.2) is 4.79 Å². The summed E-state index contributed by atoms with van der Waals surface area (Å²) in [7, 11) is 0. The van der Waals surface area contributed by atoms with Crippen LogP contribution in [0.3, 0.4) is 0 Å². The summed E-state index contributed by atoms with van der Waals surface area (Å²) in [5.74, 6) is -0.0741. The minimum atomic E-state index is -1.70. The highest BCUT2D eigenvalue weighted by Gasteiger charge is 2.22. The summed E-state index contributed by atoms with van der Waals surface area (Å²) < 4.78 is 29.2. The van der Waals surface area contributed by atoms with Crippen LogP contribution in [-0.4, -0.2) is 28.5 Å². The fourth-order valence-corrected chi connectivity index (χ4v) is 2.83. The van der Waals surface area contributed by atoms with Gasteiger partial charge in [-0.15, -0.1) is 11.8 Å². The molecule has 0 saturated carbocycles. The van der Waals surface area contributed by atoms with Gasteiger partial charge < -0.3 is 4.74 Å². The van der Waals surface area contributed by atoms with E-state index < -0.39 is 12.0 Å². The summed E-state index contributed by atoms with van der Waals surface area (Å²) in [6.07, 6.45) is -0.647. The first kappa shape index (κ1) is 17.2. The lowest BCUT2D eigenvalue weighted by Crippen LogP contribution is -2.06. The Morgan fingerprint density at radius 1 is 1.35 bits per heavy atom. The highest BCUT2D eigenvalue weighted by Crippen LogP contribution is 2.30. The molecule has 0 atom stereocenters. The number of aromatic nitrogens is 2. The van der Waals surface area contributed by atoms with Gasteiger partial charge in [0.15, 0.2) is 0 Å². The van der Waals surface area contributed by atoms with Gasteiger partial charge in [0, 0.05) is 11.3 Å². The van der Waals surface area contributed by atoms with E-state index in [4.69, 9.17) is 4.74 Å². The first-order chi connectivity index (χ1) is 11.1. The van der Waals surface area contributed by atoms with Crippen LogP contribution in [0.15, 0.2) is 47.5 Å². The van der Waals surface area contributed by atoms with Gasteiger partial charge in [0.2, 0.25) is 0 Å². The highest BCUT2D eigenvalue weighted by atomic mass is 32.2. The third-order valence-electron chi connectivity index (χ3n) is 2.92. The first-order valence-corrected chi connectivity index (χ1v) is 8.07. The topological polar surface area (TPSA) is 55.0 Å². The molecular weight excluding hydrogens is 322 g/mol. The Labute approximate surface area is 136 Å². The van der Waals surface area contributed by atoms with Crippen molar-refractivity contribution in [3.05, 3.63) is 48.1 Å². The molecule has 0 amide bonds. The van der Waals surface area contributed by atoms with Crippen LogP contribution in [0.1, 0.15) is 23.7 Å². The van der Waals surface area contributed by atoms with Gasteiger partial charge in [0.05, 0.1) is 6.61 Å². The number of carbonyl (C=O) groups excluding carboxylic acids is 1. The molecule has 2 rings (SSSR count). The van der Waals surface area contributed by atoms with E-state index in [-0.39, 0.29) is 13.0 Å². The highest BCUT2D eigenvalue weighted by molar-refractivity contribution is 7.99. The Morgan fingerprint density at radius 3 is 2.74 bits per heavy atom. The summed E-state index contributed by atoms with van der Waals surface area (Å²) in [6, 6.07) is 9.25. The smallest absolute Gasteiger partial charge is 0.343 e. The van der Waals surface area contributed by atoms with E-state index in [2.05, 4.69) is 10.2 Å². The van der Waals surface area contributed by atoms with Crippen LogP contribution in [0.4, 0.5) is 8.78 Å². The predicted molar refractivity (Wildman–Crippen MR) is 85.6 cm³/mol. The largest absolute Gasteiger partial charge is 0.462 e. The SMILES string of the molecule is CCOC(=O)c1c(-c2ccccc2)n[nH]c1SCCC=C(F)F. The second-order valence-electron chi connectivity index (χ2n) is 4.49. The molecule has 0 unspecified atom stereocenters. The molecular formula is C16H16F2N2O2S. The van der Waals surface area contributed by atoms with Crippen molar-refractivity contribution in [1.29, 1.82) is 0 Å². The van der Waals surface area contributed by atoms with E-state index in [0.717, 1.165) is 11.6 Å². The van der Waals surface area contributed by atoms with Crippen LogP contribution in [-0.2, 0) is 4.74 Å². The minimum absolute atomic E-state index is 0.203. The van der Waals surface area contributed by atoms with Crippen LogP contribution < -0.4 is 0 Å². The first-order valence-electron chi connectivity index (χ1n) is 7.08. The Balaban J connectivity index is 2.26. The number of nitrogens with one attached hydrogen (secondary N) is 1. The number of allylic oxidation sites excluding steroid dienone is 1. The molecule has 0 spiro atoms. The molecule has 0 fully saturated rings. The maximum Gasteiger partial charge on any atom is 0.343 e. The maximum atomic E-state index is 12.2. The Morgan fingerprint density at radius 2 is 2.09 bits per heavy atom. The second kappa shape index (κ2) is 8.47. The average Bonchev–Trinajstić information content (AvgIpc) is 2.96. The van der Waals surface area contributed by atoms with E-state index in [0.29, 0.717) is 22.0 Å². The van der Waals surface area contributed by atoms with Crippen molar-refractivity contribution >= 4 is 17.7 Å². The van der Waals surface area contributed by atoms with Crippen molar-refractivity contribution in [2.75, 3.05) is 12.4 Å². The van der Waals surface area contributed by atoms with Crippen molar-refractivity contribution in [3.63, 3.8) is 0 Å². The van der Waals surface area contributed by atoms with E-state index >= 15 is 0 Å². The molecule has 122 valence electrons. The van der Waals surface area contributed by atoms with Gasteiger partial charge in [-0.2, -0.15) is 13.9 Å². The molecule has 0 radical (unpaired) electrons. The molecule has 4 nitrogen and oxygen atoms in total. The maximum absolute atomic E-state index is 12.2. The number of carbonyl (C=O) groups is 1. The number of nitrogens with zero attached hydrogens (tertiary/aromatic N) is 1. The average molecular weight is 338 g/mol. The van der Waals surface area contributed by atoms with Crippen molar-refractivity contribution in [1.82, 2.24) is 10.2 Å². The number of hydrogen-bond acceptors (Lipinski definition) is 4. The Hall–Kier alpha value is -2.15. The zero-order valence-electron chi connectivity index (χ0n) is 12.5. The molecule has 1 N–H and O–H groups in total. The number of esters is 1. The van der Waals surface area contributed by atoms with Crippen molar-refractivity contribution in [2.45, 2.75) is 18.4 Å². The van der Waals surface area contributed by atoms with Crippen molar-refractivity contribution in [3.8, 4) is 11.3 Å². The molecule has 0 saturated heterocycles. The molecule has 1 aromatic heterocycles. The lowest BCUT2D eigenvalue weighted by Gasteiger charge is -2.05. The standard InChI is InChI=1S/C16H16F2N2O2S/c1-2-22-16(21)13-14(11-7-4-3-5-8-11)19-20-15(13)23-10-6-9-12(17)18/h3-5,7-9H,2,6,10H2,1H3,(H,19,20). The molecule has 1 heterocycles. The summed E-state index contributed by atoms with van der Waals surface area (Å²) >= 11 is 1.26. The fraction of sp³-hybridized carbons (Fsp3) is 0.250. The van der Waals surface area contributed by atoms with Crippen molar-refractivity contribution < 1.29 is 18.3 Å². The summed E-state index contributed by atoms with van der Waals surface area (Å²) in [4.78, 5) is 12.2. The lowest BCUT2D eigenvalue weighted by atomic mass is 10.1. The van der Waals surface area contributed by atoms with Gasteiger partial charge in [0.1, 0.15) is 16.3 Å². The molecule has 1 aromatic carbocycles. The van der Waals surface area contributed by atoms with Crippen LogP contribution in [0, 0.1) is 0 Å². The lowest BCUT2D eigenvalue weighted by molar-refractivity contribution is 0.0523. The number of ether oxygens (including phenoxy) is 1. The van der Waals surface area contributed by atoms with Gasteiger partial charge in [0.25, 0.3) is 6.08 Å². The van der Waals surface area contributed by atoms with E-state index in [9.17, 15) is 13.6 Å². The molecule has 0 aliphatic rings. The normalized spacial score (nSPS) is 10.4. The third kappa shape index (κ3) is 4.66. The molecule has 7 heteroatoms. The van der Waals surface area contributed by atoms with E-state index in [1.165, 1.54) is 11.8 Å². The van der Waals surface area contributed by atoms with Crippen LogP contribution in [0.2, 0.25) is 0 Å². The summed E-state index contributed by atoms with van der Waals surface area (Å²) in [5.41, 5.74) is 1.62. The second-order valence-corrected chi connectivity index (χ2v) is 5.60. The molecule has 0 aliphatic heterocycles. The zero-order chi connectivity index (χ0) is 16.7. The number of benzene rings is 1. The van der Waals surface area contributed by atoms with E-state index in [1.807, 2.05) is 30.3 Å². The number of H-pyrrole nitrogens is 1. The molecule has 0 bridgehead atoms. The number of halogens is 2. The van der Waals surface area contributed by atoms with Crippen LogP contribution in [0.5, 0.6) is 0 Å². The quantitative estimate of drug-likeness (QED) is 0.458. The Kier molecular flexibility index (Phi) is 6.34. The number of thioether (sulfide) groups is 1. The van der Waals surface area contributed by atoms with Crippen molar-refractivity contribution in [2.24, 2.45) is 0 Å². The summed E-state index contributed by atoms with van der Waals surface area (Å²) in [5, 5.41) is 7.52. The Bertz CT molecular complexity index is 683. The van der Waals surface area contributed by atoms with Gasteiger partial charge >= 0.3 is 5.97 Å². The number of hydrogen-bond donors (Lipinski definition) is 1. The summed E-state index contributed by atoms with van der Waals surface area (Å²) in [6.45, 7) is 1.97. The molecule has 23 heavy (non-hydrogen) atoms. The number of rotatable bonds is 7. The predicted octanol–water partition coefficient (Wildman–Crippen LogP) is 4.52. The van der Waals surface area contributed by atoms with Gasteiger partial charge in [-0.05, 0) is 19.4 Å². The monoisotopic (exact) mass is 338 g/mol. The zero-order valence-corrected chi connectivity index (χ0v) is 13.3. The third-order valence-corrected chi connectivity index (χ3v) is 3.95. The molecule has 0 aliphatic carbocycles. The van der Waals surface area contributed by atoms with Gasteiger partial charge in [-0.1, -0.05) is 30.3 Å².